The Bertz CT molecular complexity index is 229. The maximum Gasteiger partial charge on any atom is 0.303 e. The highest BCUT2D eigenvalue weighted by Crippen LogP contribution is 2.14. The van der Waals surface area contributed by atoms with Crippen LogP contribution in [0.25, 0.3) is 0 Å². The molecule has 1 fully saturated rings. The fraction of sp³-hybridized carbons (Fsp3) is 0.917. The fourth-order valence-electron chi connectivity index (χ4n) is 2.30. The van der Waals surface area contributed by atoms with Crippen LogP contribution in [0, 0.1) is 5.92 Å². The maximum atomic E-state index is 10.6. The van der Waals surface area contributed by atoms with Crippen molar-refractivity contribution in [1.29, 1.82) is 0 Å². The Morgan fingerprint density at radius 2 is 2.25 bits per heavy atom. The third kappa shape index (κ3) is 4.49. The van der Waals surface area contributed by atoms with Crippen molar-refractivity contribution in [1.82, 2.24) is 10.2 Å². The van der Waals surface area contributed by atoms with E-state index in [9.17, 15) is 4.79 Å². The van der Waals surface area contributed by atoms with E-state index in [4.69, 9.17) is 5.11 Å². The van der Waals surface area contributed by atoms with Crippen LogP contribution in [-0.2, 0) is 4.79 Å². The highest BCUT2D eigenvalue weighted by atomic mass is 16.4. The minimum absolute atomic E-state index is 0.273. The Labute approximate surface area is 98.0 Å². The number of rotatable bonds is 5. The summed E-state index contributed by atoms with van der Waals surface area (Å²) in [6, 6.07) is 0.898. The number of nitrogens with one attached hydrogen (secondary N) is 1. The molecule has 2 N–H and O–H groups in total. The highest BCUT2D eigenvalue weighted by Gasteiger charge is 2.26. The normalized spacial score (nSPS) is 27.2. The van der Waals surface area contributed by atoms with Gasteiger partial charge in [-0.15, -0.1) is 0 Å². The van der Waals surface area contributed by atoms with Crippen LogP contribution in [0.2, 0.25) is 0 Å². The van der Waals surface area contributed by atoms with Gasteiger partial charge in [0.2, 0.25) is 0 Å². The predicted octanol–water partition coefficient (Wildman–Crippen LogP) is 1.17. The molecular weight excluding hydrogens is 204 g/mol. The molecule has 1 rings (SSSR count). The lowest BCUT2D eigenvalue weighted by molar-refractivity contribution is -0.137. The molecule has 1 heterocycles. The van der Waals surface area contributed by atoms with Crippen molar-refractivity contribution in [3.8, 4) is 0 Å². The summed E-state index contributed by atoms with van der Waals surface area (Å²) in [6.45, 7) is 9.61. The number of carbonyl (C=O) groups is 1. The summed E-state index contributed by atoms with van der Waals surface area (Å²) in [7, 11) is 0. The smallest absolute Gasteiger partial charge is 0.303 e. The zero-order valence-electron chi connectivity index (χ0n) is 10.6. The largest absolute Gasteiger partial charge is 0.481 e. The molecule has 4 nitrogen and oxygen atoms in total. The minimum atomic E-state index is -0.692. The van der Waals surface area contributed by atoms with E-state index in [1.165, 1.54) is 0 Å². The molecule has 0 radical (unpaired) electrons. The van der Waals surface area contributed by atoms with Crippen molar-refractivity contribution in [2.45, 2.75) is 45.7 Å². The first kappa shape index (κ1) is 13.5. The van der Waals surface area contributed by atoms with Crippen LogP contribution >= 0.6 is 0 Å². The Morgan fingerprint density at radius 3 is 2.81 bits per heavy atom. The molecule has 1 saturated heterocycles. The van der Waals surface area contributed by atoms with Gasteiger partial charge in [0.25, 0.3) is 0 Å². The lowest BCUT2D eigenvalue weighted by Gasteiger charge is -2.40. The number of carboxylic acid groups (broad SMARTS) is 1. The van der Waals surface area contributed by atoms with E-state index in [1.807, 2.05) is 0 Å². The first-order valence-electron chi connectivity index (χ1n) is 6.18. The topological polar surface area (TPSA) is 52.6 Å². The summed E-state index contributed by atoms with van der Waals surface area (Å²) in [5, 5.41) is 12.1. The third-order valence-corrected chi connectivity index (χ3v) is 3.02. The Balaban J connectivity index is 2.47. The van der Waals surface area contributed by atoms with Crippen molar-refractivity contribution in [3.05, 3.63) is 0 Å². The fourth-order valence-corrected chi connectivity index (χ4v) is 2.30. The molecule has 94 valence electrons. The molecule has 0 amide bonds. The van der Waals surface area contributed by atoms with Gasteiger partial charge in [-0.3, -0.25) is 9.69 Å². The zero-order valence-corrected chi connectivity index (χ0v) is 10.6. The molecule has 1 aliphatic rings. The molecule has 0 aromatic rings. The molecule has 0 bridgehead atoms. The average molecular weight is 228 g/mol. The van der Waals surface area contributed by atoms with Crippen LogP contribution in [0.5, 0.6) is 0 Å². The monoisotopic (exact) mass is 228 g/mol. The average Bonchev–Trinajstić information content (AvgIpc) is 2.15. The summed E-state index contributed by atoms with van der Waals surface area (Å²) in [5.74, 6) is -0.0549. The van der Waals surface area contributed by atoms with E-state index in [0.717, 1.165) is 26.1 Å². The molecule has 2 unspecified atom stereocenters. The molecule has 4 heteroatoms. The molecule has 0 aliphatic carbocycles. The van der Waals surface area contributed by atoms with Crippen LogP contribution in [0.4, 0.5) is 0 Å². The maximum absolute atomic E-state index is 10.6. The summed E-state index contributed by atoms with van der Waals surface area (Å²) < 4.78 is 0. The van der Waals surface area contributed by atoms with Crippen molar-refractivity contribution in [2.24, 2.45) is 5.92 Å². The van der Waals surface area contributed by atoms with Crippen molar-refractivity contribution in [3.63, 3.8) is 0 Å². The second-order valence-electron chi connectivity index (χ2n) is 5.24. The van der Waals surface area contributed by atoms with Crippen LogP contribution in [-0.4, -0.2) is 47.7 Å². The molecule has 0 aromatic carbocycles. The summed E-state index contributed by atoms with van der Waals surface area (Å²) in [5.41, 5.74) is 0. The molecular formula is C12H24N2O2. The van der Waals surface area contributed by atoms with Crippen molar-refractivity contribution in [2.75, 3.05) is 19.6 Å². The molecule has 0 aromatic heterocycles. The minimum Gasteiger partial charge on any atom is -0.481 e. The van der Waals surface area contributed by atoms with Crippen LogP contribution in [0.15, 0.2) is 0 Å². The third-order valence-electron chi connectivity index (χ3n) is 3.02. The van der Waals surface area contributed by atoms with Gasteiger partial charge in [-0.25, -0.2) is 0 Å². The molecule has 0 spiro atoms. The quantitative estimate of drug-likeness (QED) is 0.741. The van der Waals surface area contributed by atoms with Gasteiger partial charge in [-0.05, 0) is 19.3 Å². The molecule has 2 atom stereocenters. The van der Waals surface area contributed by atoms with Gasteiger partial charge >= 0.3 is 5.97 Å². The number of hydrogen-bond acceptors (Lipinski definition) is 3. The van der Waals surface area contributed by atoms with E-state index in [0.29, 0.717) is 18.0 Å². The zero-order chi connectivity index (χ0) is 12.1. The van der Waals surface area contributed by atoms with E-state index in [1.54, 1.807) is 0 Å². The van der Waals surface area contributed by atoms with E-state index in [-0.39, 0.29) is 6.42 Å². The SMILES string of the molecule is CC(C)CN1CC(C)NCC1CCC(=O)O. The van der Waals surface area contributed by atoms with Crippen LogP contribution < -0.4 is 5.32 Å². The van der Waals surface area contributed by atoms with Gasteiger partial charge in [0.1, 0.15) is 0 Å². The van der Waals surface area contributed by atoms with Crippen molar-refractivity contribution < 1.29 is 9.90 Å². The van der Waals surface area contributed by atoms with E-state index in [2.05, 4.69) is 31.0 Å². The van der Waals surface area contributed by atoms with Gasteiger partial charge < -0.3 is 10.4 Å². The second-order valence-corrected chi connectivity index (χ2v) is 5.24. The predicted molar refractivity (Wildman–Crippen MR) is 64.5 cm³/mol. The van der Waals surface area contributed by atoms with Crippen LogP contribution in [0.1, 0.15) is 33.6 Å². The summed E-state index contributed by atoms with van der Waals surface area (Å²) in [6.07, 6.45) is 1.02. The summed E-state index contributed by atoms with van der Waals surface area (Å²) >= 11 is 0. The van der Waals surface area contributed by atoms with Gasteiger partial charge in [0.05, 0.1) is 0 Å². The Kier molecular flexibility index (Phi) is 5.22. The Hall–Kier alpha value is -0.610. The summed E-state index contributed by atoms with van der Waals surface area (Å²) in [4.78, 5) is 13.0. The van der Waals surface area contributed by atoms with E-state index < -0.39 is 5.97 Å². The molecule has 0 saturated carbocycles. The van der Waals surface area contributed by atoms with E-state index >= 15 is 0 Å². The number of carboxylic acids is 1. The number of piperazine rings is 1. The lowest BCUT2D eigenvalue weighted by Crippen LogP contribution is -2.56. The van der Waals surface area contributed by atoms with Crippen LogP contribution in [0.3, 0.4) is 0 Å². The van der Waals surface area contributed by atoms with Gasteiger partial charge in [-0.2, -0.15) is 0 Å². The van der Waals surface area contributed by atoms with Crippen molar-refractivity contribution >= 4 is 5.97 Å². The highest BCUT2D eigenvalue weighted by molar-refractivity contribution is 5.66. The van der Waals surface area contributed by atoms with Gasteiger partial charge in [0.15, 0.2) is 0 Å². The first-order chi connectivity index (χ1) is 7.49. The first-order valence-corrected chi connectivity index (χ1v) is 6.18. The number of nitrogens with zero attached hydrogens (tertiary/aromatic N) is 1. The Morgan fingerprint density at radius 1 is 1.56 bits per heavy atom. The van der Waals surface area contributed by atoms with Gasteiger partial charge in [0, 0.05) is 38.1 Å². The lowest BCUT2D eigenvalue weighted by atomic mass is 10.0. The molecule has 1 aliphatic heterocycles. The standard InChI is InChI=1S/C12H24N2O2/c1-9(2)7-14-8-10(3)13-6-11(14)4-5-12(15)16/h9-11,13H,4-8H2,1-3H3,(H,15,16). The molecule has 16 heavy (non-hydrogen) atoms. The van der Waals surface area contributed by atoms with Gasteiger partial charge in [-0.1, -0.05) is 13.8 Å². The number of aliphatic carboxylic acids is 1. The second kappa shape index (κ2) is 6.21. The number of hydrogen-bond donors (Lipinski definition) is 2.